The molecule has 1 aromatic rings. The topological polar surface area (TPSA) is 76.4 Å². The molecule has 5 heteroatoms. The largest absolute Gasteiger partial charge is 0.466 e. The van der Waals surface area contributed by atoms with Crippen molar-refractivity contribution in [2.24, 2.45) is 17.3 Å². The highest BCUT2D eigenvalue weighted by molar-refractivity contribution is 5.88. The molecule has 0 amide bonds. The van der Waals surface area contributed by atoms with Gasteiger partial charge in [-0.05, 0) is 36.0 Å². The van der Waals surface area contributed by atoms with E-state index in [9.17, 15) is 9.59 Å². The number of hydrogen-bond acceptors (Lipinski definition) is 5. The van der Waals surface area contributed by atoms with Crippen molar-refractivity contribution in [1.82, 2.24) is 0 Å². The molecule has 1 fully saturated rings. The molecular weight excluding hydrogens is 306 g/mol. The number of carbonyl (C=O) groups excluding carboxylic acids is 2. The van der Waals surface area contributed by atoms with Crippen molar-refractivity contribution in [1.29, 1.82) is 5.26 Å². The zero-order valence-electron chi connectivity index (χ0n) is 14.3. The zero-order valence-corrected chi connectivity index (χ0v) is 14.3. The van der Waals surface area contributed by atoms with Crippen LogP contribution in [-0.4, -0.2) is 19.0 Å². The monoisotopic (exact) mass is 327 g/mol. The summed E-state index contributed by atoms with van der Waals surface area (Å²) in [5.41, 5.74) is 1.55. The van der Waals surface area contributed by atoms with Crippen LogP contribution in [0.15, 0.2) is 35.9 Å². The van der Waals surface area contributed by atoms with Crippen molar-refractivity contribution in [3.63, 3.8) is 0 Å². The SMILES string of the molecule is COC(=O)/C(C)=C/[C@@H]1[C@@H](C(=O)OCc2cccc(C#N)c2)C1(C)C. The van der Waals surface area contributed by atoms with Gasteiger partial charge in [0.25, 0.3) is 0 Å². The van der Waals surface area contributed by atoms with Crippen molar-refractivity contribution < 1.29 is 19.1 Å². The molecule has 1 aliphatic carbocycles. The van der Waals surface area contributed by atoms with Crippen molar-refractivity contribution in [2.45, 2.75) is 27.4 Å². The van der Waals surface area contributed by atoms with Gasteiger partial charge >= 0.3 is 11.9 Å². The smallest absolute Gasteiger partial charge is 0.333 e. The maximum Gasteiger partial charge on any atom is 0.333 e. The molecule has 0 aromatic heterocycles. The van der Waals surface area contributed by atoms with E-state index in [1.165, 1.54) is 7.11 Å². The summed E-state index contributed by atoms with van der Waals surface area (Å²) in [6.45, 7) is 5.76. The maximum atomic E-state index is 12.3. The Balaban J connectivity index is 2.00. The summed E-state index contributed by atoms with van der Waals surface area (Å²) in [6, 6.07) is 9.02. The number of esters is 2. The van der Waals surface area contributed by atoms with Crippen molar-refractivity contribution >= 4 is 11.9 Å². The first-order valence-electron chi connectivity index (χ1n) is 7.73. The van der Waals surface area contributed by atoms with Gasteiger partial charge in [0.2, 0.25) is 0 Å². The Morgan fingerprint density at radius 3 is 2.71 bits per heavy atom. The van der Waals surface area contributed by atoms with Gasteiger partial charge in [-0.15, -0.1) is 0 Å². The number of carbonyl (C=O) groups is 2. The molecule has 2 rings (SSSR count). The Bertz CT molecular complexity index is 727. The molecule has 0 N–H and O–H groups in total. The van der Waals surface area contributed by atoms with Crippen LogP contribution in [-0.2, 0) is 25.7 Å². The predicted octanol–water partition coefficient (Wildman–Crippen LogP) is 2.99. The van der Waals surface area contributed by atoms with Gasteiger partial charge in [0.15, 0.2) is 0 Å². The van der Waals surface area contributed by atoms with Gasteiger partial charge in [-0.3, -0.25) is 4.79 Å². The Hall–Kier alpha value is -2.61. The molecule has 2 atom stereocenters. The molecule has 1 aliphatic rings. The third-order valence-electron chi connectivity index (χ3n) is 4.54. The summed E-state index contributed by atoms with van der Waals surface area (Å²) >= 11 is 0. The highest BCUT2D eigenvalue weighted by Gasteiger charge is 2.61. The number of allylic oxidation sites excluding steroid dienone is 1. The zero-order chi connectivity index (χ0) is 17.9. The van der Waals surface area contributed by atoms with E-state index in [-0.39, 0.29) is 29.8 Å². The summed E-state index contributed by atoms with van der Waals surface area (Å²) in [5.74, 6) is -1.01. The fourth-order valence-corrected chi connectivity index (χ4v) is 2.91. The van der Waals surface area contributed by atoms with E-state index < -0.39 is 5.97 Å². The van der Waals surface area contributed by atoms with Crippen LogP contribution in [0.2, 0.25) is 0 Å². The second-order valence-corrected chi connectivity index (χ2v) is 6.59. The maximum absolute atomic E-state index is 12.3. The highest BCUT2D eigenvalue weighted by atomic mass is 16.5. The van der Waals surface area contributed by atoms with Crippen LogP contribution in [0.1, 0.15) is 31.9 Å². The van der Waals surface area contributed by atoms with Crippen LogP contribution in [0, 0.1) is 28.6 Å². The second-order valence-electron chi connectivity index (χ2n) is 6.59. The Morgan fingerprint density at radius 1 is 1.38 bits per heavy atom. The van der Waals surface area contributed by atoms with Crippen LogP contribution < -0.4 is 0 Å². The van der Waals surface area contributed by atoms with Gasteiger partial charge in [-0.25, -0.2) is 4.79 Å². The number of benzene rings is 1. The van der Waals surface area contributed by atoms with Crippen molar-refractivity contribution in [3.05, 3.63) is 47.0 Å². The lowest BCUT2D eigenvalue weighted by molar-refractivity contribution is -0.147. The highest BCUT2D eigenvalue weighted by Crippen LogP contribution is 2.59. The van der Waals surface area contributed by atoms with E-state index in [2.05, 4.69) is 10.8 Å². The predicted molar refractivity (Wildman–Crippen MR) is 87.5 cm³/mol. The first-order valence-corrected chi connectivity index (χ1v) is 7.73. The van der Waals surface area contributed by atoms with E-state index in [0.29, 0.717) is 11.1 Å². The minimum atomic E-state index is -0.391. The molecule has 0 saturated heterocycles. The third-order valence-corrected chi connectivity index (χ3v) is 4.54. The normalized spacial score (nSPS) is 21.5. The molecule has 24 heavy (non-hydrogen) atoms. The minimum absolute atomic E-state index is 0.0467. The molecule has 0 spiro atoms. The van der Waals surface area contributed by atoms with Crippen LogP contribution in [0.4, 0.5) is 0 Å². The first-order chi connectivity index (χ1) is 11.3. The molecule has 5 nitrogen and oxygen atoms in total. The third kappa shape index (κ3) is 3.65. The summed E-state index contributed by atoms with van der Waals surface area (Å²) in [7, 11) is 1.33. The molecule has 0 radical (unpaired) electrons. The minimum Gasteiger partial charge on any atom is -0.466 e. The van der Waals surface area contributed by atoms with Crippen LogP contribution in [0.3, 0.4) is 0 Å². The van der Waals surface area contributed by atoms with E-state index in [4.69, 9.17) is 10.00 Å². The lowest BCUT2D eigenvalue weighted by atomic mass is 10.1. The number of methoxy groups -OCH3 is 1. The van der Waals surface area contributed by atoms with Crippen LogP contribution >= 0.6 is 0 Å². The Labute approximate surface area is 141 Å². The number of rotatable bonds is 5. The molecule has 0 bridgehead atoms. The van der Waals surface area contributed by atoms with Gasteiger partial charge in [-0.2, -0.15) is 5.26 Å². The summed E-state index contributed by atoms with van der Waals surface area (Å²) in [4.78, 5) is 23.8. The summed E-state index contributed by atoms with van der Waals surface area (Å²) < 4.78 is 10.1. The average molecular weight is 327 g/mol. The molecular formula is C19H21NO4. The van der Waals surface area contributed by atoms with E-state index >= 15 is 0 Å². The molecule has 1 aromatic carbocycles. The number of ether oxygens (including phenoxy) is 2. The van der Waals surface area contributed by atoms with Gasteiger partial charge < -0.3 is 9.47 Å². The van der Waals surface area contributed by atoms with Crippen LogP contribution in [0.25, 0.3) is 0 Å². The van der Waals surface area contributed by atoms with Crippen LogP contribution in [0.5, 0.6) is 0 Å². The summed E-state index contributed by atoms with van der Waals surface area (Å²) in [5, 5.41) is 8.89. The molecule has 126 valence electrons. The Kier molecular flexibility index (Phi) is 5.08. The average Bonchev–Trinajstić information content (AvgIpc) is 3.12. The van der Waals surface area contributed by atoms with Gasteiger partial charge in [0.1, 0.15) is 6.61 Å². The van der Waals surface area contributed by atoms with Crippen molar-refractivity contribution in [2.75, 3.05) is 7.11 Å². The van der Waals surface area contributed by atoms with Crippen molar-refractivity contribution in [3.8, 4) is 6.07 Å². The number of nitrogens with zero attached hydrogens (tertiary/aromatic N) is 1. The quantitative estimate of drug-likeness (QED) is 0.614. The van der Waals surface area contributed by atoms with E-state index in [0.717, 1.165) is 5.56 Å². The standard InChI is InChI=1S/C19H21NO4/c1-12(17(21)23-4)8-15-16(19(15,2)3)18(22)24-11-14-7-5-6-13(9-14)10-20/h5-9,15-16H,11H2,1-4H3/b12-8+/t15-,16+/m1/s1. The molecule has 1 saturated carbocycles. The van der Waals surface area contributed by atoms with Gasteiger partial charge in [0.05, 0.1) is 24.7 Å². The molecule has 0 unspecified atom stereocenters. The molecule has 0 aliphatic heterocycles. The Morgan fingerprint density at radius 2 is 2.08 bits per heavy atom. The lowest BCUT2D eigenvalue weighted by Gasteiger charge is -2.06. The fraction of sp³-hybridized carbons (Fsp3) is 0.421. The summed E-state index contributed by atoms with van der Waals surface area (Å²) in [6.07, 6.45) is 1.79. The first kappa shape index (κ1) is 17.7. The van der Waals surface area contributed by atoms with E-state index in [1.54, 1.807) is 31.2 Å². The fourth-order valence-electron chi connectivity index (χ4n) is 2.91. The van der Waals surface area contributed by atoms with E-state index in [1.807, 2.05) is 19.9 Å². The number of nitriles is 1. The lowest BCUT2D eigenvalue weighted by Crippen LogP contribution is -2.10. The number of hydrogen-bond donors (Lipinski definition) is 0. The second kappa shape index (κ2) is 6.88. The van der Waals surface area contributed by atoms with Gasteiger partial charge in [-0.1, -0.05) is 32.1 Å². The van der Waals surface area contributed by atoms with Gasteiger partial charge in [0, 0.05) is 5.57 Å². The molecule has 0 heterocycles.